The van der Waals surface area contributed by atoms with Gasteiger partial charge in [0, 0.05) is 15.4 Å². The Morgan fingerprint density at radius 2 is 1.58 bits per heavy atom. The number of fused-ring (bicyclic) bond motifs is 2. The summed E-state index contributed by atoms with van der Waals surface area (Å²) in [6, 6.07) is 22.2. The fourth-order valence-corrected chi connectivity index (χ4v) is 3.72. The van der Waals surface area contributed by atoms with Crippen LogP contribution < -0.4 is 5.32 Å². The van der Waals surface area contributed by atoms with Crippen LogP contribution in [-0.2, 0) is 0 Å². The minimum Gasteiger partial charge on any atom is -0.354 e. The van der Waals surface area contributed by atoms with Gasteiger partial charge in [-0.3, -0.25) is 4.79 Å². The van der Waals surface area contributed by atoms with Crippen LogP contribution in [0, 0.1) is 0 Å². The number of hydrogen-bond donors (Lipinski definition) is 1. The molecule has 0 saturated heterocycles. The van der Waals surface area contributed by atoms with Crippen LogP contribution in [0.3, 0.4) is 0 Å². The van der Waals surface area contributed by atoms with Crippen molar-refractivity contribution >= 4 is 35.0 Å². The van der Waals surface area contributed by atoms with Crippen molar-refractivity contribution in [2.24, 2.45) is 0 Å². The number of aldehydes is 1. The SMILES string of the molecule is C=C(c1ccc(C=O)cc1)c1ccc2c(c1)Nc1ccccc1S2. The van der Waals surface area contributed by atoms with E-state index in [4.69, 9.17) is 0 Å². The first-order valence-electron chi connectivity index (χ1n) is 7.67. The Kier molecular flexibility index (Phi) is 3.71. The van der Waals surface area contributed by atoms with Crippen LogP contribution in [0.2, 0.25) is 0 Å². The van der Waals surface area contributed by atoms with Crippen LogP contribution in [0.4, 0.5) is 11.4 Å². The zero-order valence-corrected chi connectivity index (χ0v) is 13.8. The van der Waals surface area contributed by atoms with Gasteiger partial charge >= 0.3 is 0 Å². The van der Waals surface area contributed by atoms with Gasteiger partial charge in [-0.25, -0.2) is 0 Å². The molecule has 0 unspecified atom stereocenters. The third-order valence-corrected chi connectivity index (χ3v) is 5.25. The van der Waals surface area contributed by atoms with Gasteiger partial charge in [-0.15, -0.1) is 0 Å². The highest BCUT2D eigenvalue weighted by Crippen LogP contribution is 2.44. The summed E-state index contributed by atoms with van der Waals surface area (Å²) in [6.07, 6.45) is 0.851. The maximum absolute atomic E-state index is 10.8. The van der Waals surface area contributed by atoms with E-state index in [1.54, 1.807) is 11.8 Å². The second kappa shape index (κ2) is 6.02. The lowest BCUT2D eigenvalue weighted by atomic mass is 9.98. The Hall–Kier alpha value is -2.78. The van der Waals surface area contributed by atoms with Gasteiger partial charge in [-0.1, -0.05) is 60.8 Å². The topological polar surface area (TPSA) is 29.1 Å². The average Bonchev–Trinajstić information content (AvgIpc) is 2.65. The molecule has 0 aliphatic carbocycles. The highest BCUT2D eigenvalue weighted by atomic mass is 32.2. The van der Waals surface area contributed by atoms with Crippen molar-refractivity contribution in [2.75, 3.05) is 5.32 Å². The molecule has 1 N–H and O–H groups in total. The highest BCUT2D eigenvalue weighted by Gasteiger charge is 2.16. The standard InChI is InChI=1S/C21H15NOS/c1-14(16-8-6-15(13-23)7-9-16)17-10-11-21-19(12-17)22-18-4-2-3-5-20(18)24-21/h2-13,22H,1H2. The van der Waals surface area contributed by atoms with Gasteiger partial charge in [0.25, 0.3) is 0 Å². The van der Waals surface area contributed by atoms with Gasteiger partial charge in [0.15, 0.2) is 0 Å². The van der Waals surface area contributed by atoms with Crippen molar-refractivity contribution in [1.29, 1.82) is 0 Å². The van der Waals surface area contributed by atoms with E-state index >= 15 is 0 Å². The molecule has 3 heteroatoms. The lowest BCUT2D eigenvalue weighted by molar-refractivity contribution is 0.112. The molecule has 1 aliphatic rings. The lowest BCUT2D eigenvalue weighted by Crippen LogP contribution is -2.00. The number of rotatable bonds is 3. The molecule has 0 atom stereocenters. The predicted octanol–water partition coefficient (Wildman–Crippen LogP) is 5.77. The molecule has 0 radical (unpaired) electrons. The fraction of sp³-hybridized carbons (Fsp3) is 0. The summed E-state index contributed by atoms with van der Waals surface area (Å²) in [7, 11) is 0. The molecule has 0 amide bonds. The molecule has 3 aromatic rings. The zero-order valence-electron chi connectivity index (χ0n) is 13.0. The number of anilines is 2. The second-order valence-corrected chi connectivity index (χ2v) is 6.74. The molecule has 116 valence electrons. The summed E-state index contributed by atoms with van der Waals surface area (Å²) in [4.78, 5) is 13.2. The maximum Gasteiger partial charge on any atom is 0.150 e. The van der Waals surface area contributed by atoms with E-state index in [0.29, 0.717) is 5.56 Å². The Morgan fingerprint density at radius 3 is 2.38 bits per heavy atom. The molecule has 3 aromatic carbocycles. The molecular weight excluding hydrogens is 314 g/mol. The van der Waals surface area contributed by atoms with Crippen molar-refractivity contribution in [2.45, 2.75) is 9.79 Å². The van der Waals surface area contributed by atoms with Crippen LogP contribution in [0.5, 0.6) is 0 Å². The number of para-hydroxylation sites is 1. The van der Waals surface area contributed by atoms with Gasteiger partial charge in [0.1, 0.15) is 6.29 Å². The summed E-state index contributed by atoms with van der Waals surface area (Å²) in [6.45, 7) is 4.22. The molecule has 1 heterocycles. The first-order chi connectivity index (χ1) is 11.7. The third kappa shape index (κ3) is 2.63. The van der Waals surface area contributed by atoms with Crippen molar-refractivity contribution < 1.29 is 4.79 Å². The van der Waals surface area contributed by atoms with Crippen LogP contribution in [0.25, 0.3) is 5.57 Å². The van der Waals surface area contributed by atoms with Gasteiger partial charge in [0.2, 0.25) is 0 Å². The number of benzene rings is 3. The summed E-state index contributed by atoms with van der Waals surface area (Å²) in [5.41, 5.74) is 5.94. The van der Waals surface area contributed by atoms with Crippen molar-refractivity contribution in [3.63, 3.8) is 0 Å². The monoisotopic (exact) mass is 329 g/mol. The van der Waals surface area contributed by atoms with Crippen LogP contribution in [0.15, 0.2) is 83.1 Å². The van der Waals surface area contributed by atoms with E-state index in [-0.39, 0.29) is 0 Å². The highest BCUT2D eigenvalue weighted by molar-refractivity contribution is 7.99. The summed E-state index contributed by atoms with van der Waals surface area (Å²) in [5.74, 6) is 0. The third-order valence-electron chi connectivity index (χ3n) is 4.10. The van der Waals surface area contributed by atoms with E-state index in [9.17, 15) is 4.79 Å². The number of nitrogens with one attached hydrogen (secondary N) is 1. The molecular formula is C21H15NOS. The largest absolute Gasteiger partial charge is 0.354 e. The van der Waals surface area contributed by atoms with Gasteiger partial charge in [-0.2, -0.15) is 0 Å². The summed E-state index contributed by atoms with van der Waals surface area (Å²) in [5, 5.41) is 3.50. The quantitative estimate of drug-likeness (QED) is 0.484. The first-order valence-corrected chi connectivity index (χ1v) is 8.49. The van der Waals surface area contributed by atoms with Gasteiger partial charge in [0.05, 0.1) is 11.4 Å². The number of carbonyl (C=O) groups excluding carboxylic acids is 1. The summed E-state index contributed by atoms with van der Waals surface area (Å²) < 4.78 is 0. The molecule has 4 rings (SSSR count). The minimum atomic E-state index is 0.673. The van der Waals surface area contributed by atoms with Gasteiger partial charge < -0.3 is 5.32 Å². The molecule has 0 bridgehead atoms. The van der Waals surface area contributed by atoms with Crippen LogP contribution in [0.1, 0.15) is 21.5 Å². The molecule has 24 heavy (non-hydrogen) atoms. The second-order valence-electron chi connectivity index (χ2n) is 5.65. The molecule has 0 fully saturated rings. The van der Waals surface area contributed by atoms with Crippen LogP contribution in [-0.4, -0.2) is 6.29 Å². The molecule has 0 saturated carbocycles. The maximum atomic E-state index is 10.8. The lowest BCUT2D eigenvalue weighted by Gasteiger charge is -2.21. The molecule has 1 aliphatic heterocycles. The van der Waals surface area contributed by atoms with E-state index < -0.39 is 0 Å². The Labute approximate surface area is 145 Å². The Bertz CT molecular complexity index is 944. The van der Waals surface area contributed by atoms with E-state index in [1.807, 2.05) is 30.3 Å². The summed E-state index contributed by atoms with van der Waals surface area (Å²) >= 11 is 1.77. The number of hydrogen-bond acceptors (Lipinski definition) is 3. The van der Waals surface area contributed by atoms with E-state index in [1.165, 1.54) is 9.79 Å². The molecule has 0 aromatic heterocycles. The van der Waals surface area contributed by atoms with Crippen LogP contribution >= 0.6 is 11.8 Å². The van der Waals surface area contributed by atoms with Crippen molar-refractivity contribution in [3.8, 4) is 0 Å². The number of carbonyl (C=O) groups is 1. The van der Waals surface area contributed by atoms with Crippen molar-refractivity contribution in [1.82, 2.24) is 0 Å². The minimum absolute atomic E-state index is 0.673. The van der Waals surface area contributed by atoms with E-state index in [2.05, 4.69) is 48.3 Å². The van der Waals surface area contributed by atoms with E-state index in [0.717, 1.165) is 34.4 Å². The Morgan fingerprint density at radius 1 is 0.875 bits per heavy atom. The zero-order chi connectivity index (χ0) is 16.5. The smallest absolute Gasteiger partial charge is 0.150 e. The average molecular weight is 329 g/mol. The normalized spacial score (nSPS) is 11.8. The Balaban J connectivity index is 1.66. The van der Waals surface area contributed by atoms with Crippen molar-refractivity contribution in [3.05, 3.63) is 90.0 Å². The van der Waals surface area contributed by atoms with Gasteiger partial charge in [-0.05, 0) is 41.0 Å². The molecule has 0 spiro atoms. The predicted molar refractivity (Wildman–Crippen MR) is 100 cm³/mol. The first kappa shape index (κ1) is 14.8. The fourth-order valence-electron chi connectivity index (χ4n) is 2.76. The molecule has 2 nitrogen and oxygen atoms in total.